The predicted molar refractivity (Wildman–Crippen MR) is 80.5 cm³/mol. The van der Waals surface area contributed by atoms with Gasteiger partial charge >= 0.3 is 0 Å². The Hall–Kier alpha value is -0.380. The highest BCUT2D eigenvalue weighted by Crippen LogP contribution is 2.05. The Kier molecular flexibility index (Phi) is 13.8. The molecule has 3 heteroatoms. The summed E-state index contributed by atoms with van der Waals surface area (Å²) >= 11 is 0. The molecule has 114 valence electrons. The molecular weight excluding hydrogens is 240 g/mol. The van der Waals surface area contributed by atoms with Crippen molar-refractivity contribution in [3.05, 3.63) is 12.2 Å². The highest BCUT2D eigenvalue weighted by molar-refractivity contribution is 4.87. The molecule has 0 aliphatic carbocycles. The van der Waals surface area contributed by atoms with E-state index in [1.807, 2.05) is 6.92 Å². The van der Waals surface area contributed by atoms with Crippen LogP contribution in [0.5, 0.6) is 0 Å². The number of hydrogen-bond donors (Lipinski definition) is 1. The maximum atomic E-state index is 9.61. The molecule has 1 N–H and O–H groups in total. The second-order valence-corrected chi connectivity index (χ2v) is 5.28. The Bertz CT molecular complexity index is 204. The SMILES string of the molecule is C=C(C)CCOCC(O)COCCCCCCCC. The molecule has 0 amide bonds. The summed E-state index contributed by atoms with van der Waals surface area (Å²) in [6, 6.07) is 0. The minimum Gasteiger partial charge on any atom is -0.388 e. The average molecular weight is 272 g/mol. The standard InChI is InChI=1S/C16H32O3/c1-4-5-6-7-8-9-11-18-13-16(17)14-19-12-10-15(2)3/h16-17H,2,4-14H2,1,3H3. The van der Waals surface area contributed by atoms with Gasteiger partial charge in [-0.2, -0.15) is 0 Å². The molecule has 0 saturated heterocycles. The maximum absolute atomic E-state index is 9.61. The lowest BCUT2D eigenvalue weighted by atomic mass is 10.1. The molecule has 0 aliphatic heterocycles. The van der Waals surface area contributed by atoms with Gasteiger partial charge in [0.25, 0.3) is 0 Å². The zero-order valence-corrected chi connectivity index (χ0v) is 12.8. The molecule has 0 heterocycles. The molecule has 0 fully saturated rings. The van der Waals surface area contributed by atoms with Crippen LogP contribution >= 0.6 is 0 Å². The van der Waals surface area contributed by atoms with Gasteiger partial charge in [-0.15, -0.1) is 6.58 Å². The topological polar surface area (TPSA) is 38.7 Å². The summed E-state index contributed by atoms with van der Waals surface area (Å²) in [5.74, 6) is 0. The van der Waals surface area contributed by atoms with Gasteiger partial charge in [0.05, 0.1) is 19.8 Å². The fourth-order valence-electron chi connectivity index (χ4n) is 1.72. The van der Waals surface area contributed by atoms with Crippen LogP contribution in [0.1, 0.15) is 58.8 Å². The number of unbranched alkanes of at least 4 members (excludes halogenated alkanes) is 5. The third-order valence-electron chi connectivity index (χ3n) is 2.94. The molecule has 0 aromatic heterocycles. The van der Waals surface area contributed by atoms with Crippen molar-refractivity contribution in [3.63, 3.8) is 0 Å². The van der Waals surface area contributed by atoms with Crippen LogP contribution in [0.2, 0.25) is 0 Å². The van der Waals surface area contributed by atoms with Crippen LogP contribution in [0.25, 0.3) is 0 Å². The van der Waals surface area contributed by atoms with Crippen molar-refractivity contribution < 1.29 is 14.6 Å². The number of aliphatic hydroxyl groups excluding tert-OH is 1. The monoisotopic (exact) mass is 272 g/mol. The summed E-state index contributed by atoms with van der Waals surface area (Å²) in [5.41, 5.74) is 1.11. The van der Waals surface area contributed by atoms with E-state index in [-0.39, 0.29) is 0 Å². The second kappa shape index (κ2) is 14.0. The molecule has 0 bridgehead atoms. The summed E-state index contributed by atoms with van der Waals surface area (Å²) < 4.78 is 10.8. The lowest BCUT2D eigenvalue weighted by Gasteiger charge is -2.12. The first-order valence-corrected chi connectivity index (χ1v) is 7.64. The number of aliphatic hydroxyl groups is 1. The number of hydrogen-bond acceptors (Lipinski definition) is 3. The van der Waals surface area contributed by atoms with Crippen LogP contribution in [0.4, 0.5) is 0 Å². The van der Waals surface area contributed by atoms with Crippen LogP contribution < -0.4 is 0 Å². The van der Waals surface area contributed by atoms with Crippen molar-refractivity contribution in [1.82, 2.24) is 0 Å². The zero-order valence-electron chi connectivity index (χ0n) is 12.8. The molecule has 0 aromatic carbocycles. The van der Waals surface area contributed by atoms with E-state index in [2.05, 4.69) is 13.5 Å². The highest BCUT2D eigenvalue weighted by atomic mass is 16.5. The molecule has 1 atom stereocenters. The molecule has 3 nitrogen and oxygen atoms in total. The summed E-state index contributed by atoms with van der Waals surface area (Å²) in [6.45, 7) is 10.1. The van der Waals surface area contributed by atoms with Crippen molar-refractivity contribution >= 4 is 0 Å². The van der Waals surface area contributed by atoms with Crippen molar-refractivity contribution in [2.75, 3.05) is 26.4 Å². The predicted octanol–water partition coefficient (Wildman–Crippen LogP) is 3.71. The summed E-state index contributed by atoms with van der Waals surface area (Å²) in [6.07, 6.45) is 7.91. The van der Waals surface area contributed by atoms with Crippen LogP contribution in [0, 0.1) is 0 Å². The van der Waals surface area contributed by atoms with E-state index in [4.69, 9.17) is 9.47 Å². The van der Waals surface area contributed by atoms with Gasteiger partial charge in [-0.05, 0) is 19.8 Å². The van der Waals surface area contributed by atoms with E-state index in [0.29, 0.717) is 19.8 Å². The fourth-order valence-corrected chi connectivity index (χ4v) is 1.72. The zero-order chi connectivity index (χ0) is 14.3. The van der Waals surface area contributed by atoms with Crippen LogP contribution in [0.15, 0.2) is 12.2 Å². The normalized spacial score (nSPS) is 12.6. The van der Waals surface area contributed by atoms with E-state index < -0.39 is 6.10 Å². The Morgan fingerprint density at radius 1 is 1.00 bits per heavy atom. The first kappa shape index (κ1) is 18.6. The van der Waals surface area contributed by atoms with Crippen molar-refractivity contribution in [3.8, 4) is 0 Å². The van der Waals surface area contributed by atoms with E-state index in [9.17, 15) is 5.11 Å². The largest absolute Gasteiger partial charge is 0.388 e. The lowest BCUT2D eigenvalue weighted by molar-refractivity contribution is -0.0188. The van der Waals surface area contributed by atoms with E-state index in [1.165, 1.54) is 32.1 Å². The Labute approximate surface area is 119 Å². The summed E-state index contributed by atoms with van der Waals surface area (Å²) in [7, 11) is 0. The fraction of sp³-hybridized carbons (Fsp3) is 0.875. The van der Waals surface area contributed by atoms with Gasteiger partial charge in [0, 0.05) is 6.61 Å². The molecule has 0 spiro atoms. The molecule has 1 unspecified atom stereocenters. The van der Waals surface area contributed by atoms with Crippen LogP contribution in [0.3, 0.4) is 0 Å². The van der Waals surface area contributed by atoms with Gasteiger partial charge in [-0.25, -0.2) is 0 Å². The van der Waals surface area contributed by atoms with Crippen molar-refractivity contribution in [1.29, 1.82) is 0 Å². The summed E-state index contributed by atoms with van der Waals surface area (Å²) in [5, 5.41) is 9.61. The Balaban J connectivity index is 3.15. The van der Waals surface area contributed by atoms with Crippen molar-refractivity contribution in [2.45, 2.75) is 64.9 Å². The molecule has 0 rings (SSSR count). The molecule has 0 aromatic rings. The van der Waals surface area contributed by atoms with Crippen LogP contribution in [-0.4, -0.2) is 37.6 Å². The molecule has 19 heavy (non-hydrogen) atoms. The van der Waals surface area contributed by atoms with Gasteiger partial charge in [0.1, 0.15) is 6.10 Å². The van der Waals surface area contributed by atoms with Gasteiger partial charge in [0.2, 0.25) is 0 Å². The highest BCUT2D eigenvalue weighted by Gasteiger charge is 2.04. The van der Waals surface area contributed by atoms with Gasteiger partial charge in [0.15, 0.2) is 0 Å². The van der Waals surface area contributed by atoms with E-state index in [1.54, 1.807) is 0 Å². The smallest absolute Gasteiger partial charge is 0.101 e. The average Bonchev–Trinajstić information content (AvgIpc) is 2.37. The second-order valence-electron chi connectivity index (χ2n) is 5.28. The minimum absolute atomic E-state index is 0.351. The van der Waals surface area contributed by atoms with E-state index >= 15 is 0 Å². The Morgan fingerprint density at radius 3 is 2.21 bits per heavy atom. The third-order valence-corrected chi connectivity index (χ3v) is 2.94. The summed E-state index contributed by atoms with van der Waals surface area (Å²) in [4.78, 5) is 0. The van der Waals surface area contributed by atoms with E-state index in [0.717, 1.165) is 25.0 Å². The van der Waals surface area contributed by atoms with Gasteiger partial charge in [-0.1, -0.05) is 44.6 Å². The Morgan fingerprint density at radius 2 is 1.58 bits per heavy atom. The minimum atomic E-state index is -0.509. The van der Waals surface area contributed by atoms with Crippen LogP contribution in [-0.2, 0) is 9.47 Å². The quantitative estimate of drug-likeness (QED) is 0.387. The molecule has 0 radical (unpaired) electrons. The third kappa shape index (κ3) is 15.6. The number of ether oxygens (including phenoxy) is 2. The lowest BCUT2D eigenvalue weighted by Crippen LogP contribution is -2.22. The first-order chi connectivity index (χ1) is 9.16. The maximum Gasteiger partial charge on any atom is 0.101 e. The molecule has 0 aliphatic rings. The van der Waals surface area contributed by atoms with Crippen molar-refractivity contribution in [2.24, 2.45) is 0 Å². The molecule has 0 saturated carbocycles. The number of rotatable bonds is 14. The van der Waals surface area contributed by atoms with Gasteiger partial charge < -0.3 is 14.6 Å². The first-order valence-electron chi connectivity index (χ1n) is 7.64. The molecular formula is C16H32O3. The van der Waals surface area contributed by atoms with Gasteiger partial charge in [-0.3, -0.25) is 0 Å².